The van der Waals surface area contributed by atoms with Gasteiger partial charge in [0, 0.05) is 60.4 Å². The van der Waals surface area contributed by atoms with Gasteiger partial charge in [-0.25, -0.2) is 4.39 Å². The third kappa shape index (κ3) is 5.85. The molecular formula is C32H41FN4O3. The summed E-state index contributed by atoms with van der Waals surface area (Å²) >= 11 is 0. The van der Waals surface area contributed by atoms with Crippen molar-refractivity contribution in [1.29, 1.82) is 0 Å². The summed E-state index contributed by atoms with van der Waals surface area (Å²) < 4.78 is 16.8. The molecule has 1 aliphatic carbocycles. The molecule has 8 heteroatoms. The molecule has 0 radical (unpaired) electrons. The van der Waals surface area contributed by atoms with Crippen molar-refractivity contribution in [2.75, 3.05) is 19.7 Å². The van der Waals surface area contributed by atoms with Crippen molar-refractivity contribution < 1.29 is 14.3 Å². The van der Waals surface area contributed by atoms with E-state index in [4.69, 9.17) is 5.73 Å². The number of carbonyl (C=O) groups excluding carboxylic acids is 1. The molecule has 1 unspecified atom stereocenters. The molecule has 214 valence electrons. The largest absolute Gasteiger partial charge is 0.396 e. The van der Waals surface area contributed by atoms with E-state index in [1.54, 1.807) is 17.6 Å². The average Bonchev–Trinajstić information content (AvgIpc) is 3.75. The van der Waals surface area contributed by atoms with E-state index in [0.29, 0.717) is 28.6 Å². The molecule has 1 amide bonds. The predicted octanol–water partition coefficient (Wildman–Crippen LogP) is 4.51. The summed E-state index contributed by atoms with van der Waals surface area (Å²) in [5.74, 6) is -0.704. The molecular weight excluding hydrogens is 507 g/mol. The lowest BCUT2D eigenvalue weighted by molar-refractivity contribution is 0.0950. The zero-order chi connectivity index (χ0) is 28.8. The maximum atomic E-state index is 15.1. The highest BCUT2D eigenvalue weighted by Gasteiger charge is 2.27. The van der Waals surface area contributed by atoms with Crippen LogP contribution >= 0.6 is 0 Å². The molecule has 3 aromatic rings. The number of likely N-dealkylation sites (tertiary alicyclic amines) is 1. The van der Waals surface area contributed by atoms with Gasteiger partial charge in [0.2, 0.25) is 0 Å². The summed E-state index contributed by atoms with van der Waals surface area (Å²) in [7, 11) is 0. The van der Waals surface area contributed by atoms with Crippen molar-refractivity contribution in [3.8, 4) is 11.1 Å². The topological polar surface area (TPSA) is 101 Å². The smallest absolute Gasteiger partial charge is 0.258 e. The quantitative estimate of drug-likeness (QED) is 0.385. The van der Waals surface area contributed by atoms with E-state index >= 15 is 4.39 Å². The maximum Gasteiger partial charge on any atom is 0.258 e. The molecule has 2 heterocycles. The Hall–Kier alpha value is -3.07. The van der Waals surface area contributed by atoms with Crippen LogP contribution in [0.3, 0.4) is 0 Å². The van der Waals surface area contributed by atoms with Gasteiger partial charge in [-0.3, -0.25) is 14.5 Å². The summed E-state index contributed by atoms with van der Waals surface area (Å²) in [5, 5.41) is 14.2. The van der Waals surface area contributed by atoms with Crippen LogP contribution < -0.4 is 16.6 Å². The van der Waals surface area contributed by atoms with Crippen LogP contribution in [-0.2, 0) is 6.54 Å². The molecule has 40 heavy (non-hydrogen) atoms. The number of aliphatic hydroxyl groups is 1. The Bertz CT molecular complexity index is 1490. The molecule has 0 bridgehead atoms. The first-order valence-electron chi connectivity index (χ1n) is 14.4. The predicted molar refractivity (Wildman–Crippen MR) is 157 cm³/mol. The van der Waals surface area contributed by atoms with Gasteiger partial charge >= 0.3 is 0 Å². The van der Waals surface area contributed by atoms with Crippen LogP contribution in [0.15, 0.2) is 41.3 Å². The van der Waals surface area contributed by atoms with E-state index in [1.165, 1.54) is 6.07 Å². The van der Waals surface area contributed by atoms with E-state index in [2.05, 4.69) is 17.1 Å². The van der Waals surface area contributed by atoms with Crippen molar-refractivity contribution in [3.63, 3.8) is 0 Å². The van der Waals surface area contributed by atoms with Gasteiger partial charge in [0.15, 0.2) is 0 Å². The van der Waals surface area contributed by atoms with Gasteiger partial charge in [-0.1, -0.05) is 19.9 Å². The third-order valence-corrected chi connectivity index (χ3v) is 8.46. The second kappa shape index (κ2) is 11.1. The fraction of sp³-hybridized carbons (Fsp3) is 0.500. The Kier molecular flexibility index (Phi) is 7.88. The monoisotopic (exact) mass is 548 g/mol. The van der Waals surface area contributed by atoms with E-state index < -0.39 is 11.2 Å². The number of hydrogen-bond donors (Lipinski definition) is 3. The first kappa shape index (κ1) is 28.5. The first-order valence-corrected chi connectivity index (χ1v) is 14.4. The van der Waals surface area contributed by atoms with Gasteiger partial charge in [-0.15, -0.1) is 0 Å². The van der Waals surface area contributed by atoms with Gasteiger partial charge in [0.25, 0.3) is 11.5 Å². The normalized spacial score (nSPS) is 19.1. The Morgan fingerprint density at radius 1 is 1.20 bits per heavy atom. The van der Waals surface area contributed by atoms with E-state index in [-0.39, 0.29) is 36.2 Å². The Labute approximate surface area is 235 Å². The molecule has 1 aliphatic heterocycles. The Morgan fingerprint density at radius 3 is 2.62 bits per heavy atom. The highest BCUT2D eigenvalue weighted by Crippen LogP contribution is 2.34. The molecule has 1 saturated heterocycles. The maximum absolute atomic E-state index is 15.1. The summed E-state index contributed by atoms with van der Waals surface area (Å²) in [5.41, 5.74) is 8.84. The van der Waals surface area contributed by atoms with Crippen LogP contribution in [0.2, 0.25) is 0 Å². The molecule has 7 nitrogen and oxygen atoms in total. The summed E-state index contributed by atoms with van der Waals surface area (Å²) in [6.45, 7) is 9.74. The zero-order valence-electron chi connectivity index (χ0n) is 24.0. The van der Waals surface area contributed by atoms with Gasteiger partial charge in [-0.05, 0) is 98.0 Å². The van der Waals surface area contributed by atoms with E-state index in [0.717, 1.165) is 55.3 Å². The number of benzene rings is 2. The fourth-order valence-electron chi connectivity index (χ4n) is 5.74. The summed E-state index contributed by atoms with van der Waals surface area (Å²) in [6, 6.07) is 8.91. The van der Waals surface area contributed by atoms with Crippen LogP contribution in [0.25, 0.3) is 21.9 Å². The van der Waals surface area contributed by atoms with Crippen LogP contribution in [0.5, 0.6) is 0 Å². The highest BCUT2D eigenvalue weighted by molar-refractivity contribution is 5.97. The van der Waals surface area contributed by atoms with E-state index in [9.17, 15) is 14.7 Å². The van der Waals surface area contributed by atoms with Gasteiger partial charge in [0.05, 0.1) is 0 Å². The number of aromatic nitrogens is 1. The molecule has 4 N–H and O–H groups in total. The number of rotatable bonds is 8. The Balaban J connectivity index is 1.65. The lowest BCUT2D eigenvalue weighted by atomic mass is 9.91. The number of piperidine rings is 1. The lowest BCUT2D eigenvalue weighted by Gasteiger charge is -2.36. The second-order valence-corrected chi connectivity index (χ2v) is 12.6. The number of amides is 1. The number of hydrogen-bond acceptors (Lipinski definition) is 5. The fourth-order valence-corrected chi connectivity index (χ4v) is 5.74. The number of carbonyl (C=O) groups is 1. The molecule has 0 spiro atoms. The number of aliphatic hydroxyl groups excluding tert-OH is 1. The molecule has 2 atom stereocenters. The van der Waals surface area contributed by atoms with Gasteiger partial charge in [-0.2, -0.15) is 0 Å². The summed E-state index contributed by atoms with van der Waals surface area (Å²) in [4.78, 5) is 28.8. The number of pyridine rings is 1. The number of halogens is 1. The van der Waals surface area contributed by atoms with Gasteiger partial charge in [0.1, 0.15) is 5.82 Å². The number of fused-ring (bicyclic) bond motifs is 1. The number of nitrogens with two attached hydrogens (primary N) is 1. The van der Waals surface area contributed by atoms with Crippen molar-refractivity contribution in [2.24, 2.45) is 11.1 Å². The molecule has 2 aliphatic rings. The van der Waals surface area contributed by atoms with Crippen LogP contribution in [0.1, 0.15) is 74.0 Å². The molecule has 1 aromatic heterocycles. The van der Waals surface area contributed by atoms with Crippen molar-refractivity contribution in [1.82, 2.24) is 14.8 Å². The minimum Gasteiger partial charge on any atom is -0.396 e. The SMILES string of the molecule is Cc1c(F)cc(C(=O)NC2CC2)cc1-c1ccc2c(=O)n(CC(C)(C)CO)cc(C(C)N3CCC[C@@H](N)C3)c2c1. The Morgan fingerprint density at radius 2 is 1.95 bits per heavy atom. The van der Waals surface area contributed by atoms with Crippen molar-refractivity contribution >= 4 is 16.7 Å². The molecule has 1 saturated carbocycles. The highest BCUT2D eigenvalue weighted by atomic mass is 19.1. The number of nitrogens with one attached hydrogen (secondary N) is 1. The average molecular weight is 549 g/mol. The summed E-state index contributed by atoms with van der Waals surface area (Å²) in [6.07, 6.45) is 5.83. The third-order valence-electron chi connectivity index (χ3n) is 8.46. The van der Waals surface area contributed by atoms with Crippen LogP contribution in [-0.4, -0.2) is 52.3 Å². The van der Waals surface area contributed by atoms with Gasteiger partial charge < -0.3 is 20.7 Å². The van der Waals surface area contributed by atoms with E-state index in [1.807, 2.05) is 38.2 Å². The molecule has 5 rings (SSSR count). The number of nitrogens with zero attached hydrogens (tertiary/aromatic N) is 2. The standard InChI is InChI=1S/C32H41FN4O3/c1-19-26(13-22(14-29(19)33)30(39)35-24-8-9-24)21-7-10-25-27(12-21)28(20(2)36-11-5-6-23(34)15-36)16-37(31(25)40)17-32(3,4)18-38/h7,10,12-14,16,20,23-24,38H,5-6,8-9,11,15,17-18,34H2,1-4H3,(H,35,39)/t20?,23-/m1/s1. The molecule has 2 fully saturated rings. The minimum absolute atomic E-state index is 0.0123. The van der Waals surface area contributed by atoms with Crippen LogP contribution in [0.4, 0.5) is 4.39 Å². The first-order chi connectivity index (χ1) is 19.0. The zero-order valence-corrected chi connectivity index (χ0v) is 24.0. The lowest BCUT2D eigenvalue weighted by Crippen LogP contribution is -2.44. The van der Waals surface area contributed by atoms with Crippen molar-refractivity contribution in [2.45, 2.75) is 78.0 Å². The second-order valence-electron chi connectivity index (χ2n) is 12.6. The van der Waals surface area contributed by atoms with Crippen LogP contribution in [0, 0.1) is 18.2 Å². The minimum atomic E-state index is -0.471. The van der Waals surface area contributed by atoms with Crippen molar-refractivity contribution in [3.05, 3.63) is 69.4 Å². The molecule has 2 aromatic carbocycles.